The van der Waals surface area contributed by atoms with E-state index >= 15 is 0 Å². The molecule has 1 fully saturated rings. The van der Waals surface area contributed by atoms with Gasteiger partial charge in [0.1, 0.15) is 11.5 Å². The summed E-state index contributed by atoms with van der Waals surface area (Å²) in [6.07, 6.45) is 3.59. The number of fused-ring (bicyclic) bond motifs is 1. The normalized spacial score (nSPS) is 14.7. The van der Waals surface area contributed by atoms with Crippen molar-refractivity contribution in [3.8, 4) is 16.9 Å². The average molecular weight is 474 g/mol. The Kier molecular flexibility index (Phi) is 6.21. The van der Waals surface area contributed by atoms with Crippen molar-refractivity contribution in [2.45, 2.75) is 26.4 Å². The summed E-state index contributed by atoms with van der Waals surface area (Å²) in [7, 11) is 0. The molecule has 1 saturated heterocycles. The third kappa shape index (κ3) is 4.61. The number of piperazine rings is 1. The lowest BCUT2D eigenvalue weighted by Gasteiger charge is -2.35. The second-order valence-corrected chi connectivity index (χ2v) is 9.22. The molecule has 0 aliphatic carbocycles. The lowest BCUT2D eigenvalue weighted by molar-refractivity contribution is 0.0628. The van der Waals surface area contributed by atoms with Gasteiger partial charge in [-0.3, -0.25) is 14.5 Å². The highest BCUT2D eigenvalue weighted by molar-refractivity contribution is 6.00. The number of hydrogen-bond acceptors (Lipinski definition) is 4. The molecule has 0 atom stereocenters. The van der Waals surface area contributed by atoms with Crippen molar-refractivity contribution >= 4 is 5.91 Å². The predicted octanol–water partition coefficient (Wildman–Crippen LogP) is 3.82. The second kappa shape index (κ2) is 9.46. The van der Waals surface area contributed by atoms with E-state index in [1.807, 2.05) is 59.8 Å². The Hall–Kier alpha value is -3.78. The maximum absolute atomic E-state index is 13.6. The van der Waals surface area contributed by atoms with Crippen LogP contribution in [0.2, 0.25) is 0 Å². The highest BCUT2D eigenvalue weighted by Crippen LogP contribution is 2.26. The zero-order valence-corrected chi connectivity index (χ0v) is 19.9. The molecule has 3 heterocycles. The first-order chi connectivity index (χ1) is 16.9. The first-order valence-corrected chi connectivity index (χ1v) is 11.9. The van der Waals surface area contributed by atoms with Crippen molar-refractivity contribution < 1.29 is 9.18 Å². The number of carbonyl (C=O) groups excluding carboxylic acids is 1. The van der Waals surface area contributed by atoms with E-state index in [1.54, 1.807) is 18.3 Å². The first-order valence-electron chi connectivity index (χ1n) is 11.9. The van der Waals surface area contributed by atoms with Crippen molar-refractivity contribution in [3.05, 3.63) is 94.3 Å². The van der Waals surface area contributed by atoms with E-state index in [4.69, 9.17) is 0 Å². The Bertz CT molecular complexity index is 1350. The van der Waals surface area contributed by atoms with Gasteiger partial charge < -0.3 is 9.47 Å². The molecule has 0 saturated carbocycles. The van der Waals surface area contributed by atoms with Crippen LogP contribution in [0.3, 0.4) is 0 Å². The van der Waals surface area contributed by atoms with Crippen molar-refractivity contribution in [3.63, 3.8) is 0 Å². The number of carbonyl (C=O) groups is 1. The standard InChI is InChI=1S/C27H28FN5O2/c1-19(2)32-17-23(25-24(18-32)27(35)33(29-25)22-6-4-3-5-7-22)26(34)31-14-12-30(13-15-31)16-20-8-10-21(28)11-9-20/h3-11,17-19H,12-16H2,1-2H3. The highest BCUT2D eigenvalue weighted by Gasteiger charge is 2.29. The van der Waals surface area contributed by atoms with Crippen LogP contribution in [0.1, 0.15) is 35.8 Å². The van der Waals surface area contributed by atoms with Gasteiger partial charge in [-0.15, -0.1) is 0 Å². The van der Waals surface area contributed by atoms with Crippen LogP contribution in [0.5, 0.6) is 0 Å². The van der Waals surface area contributed by atoms with E-state index in [9.17, 15) is 14.0 Å². The fourth-order valence-electron chi connectivity index (χ4n) is 4.45. The molecule has 0 bridgehead atoms. The number of nitrogens with zero attached hydrogens (tertiary/aromatic N) is 5. The number of amides is 1. The quantitative estimate of drug-likeness (QED) is 0.442. The summed E-state index contributed by atoms with van der Waals surface area (Å²) >= 11 is 0. The van der Waals surface area contributed by atoms with Gasteiger partial charge in [0, 0.05) is 51.2 Å². The number of hydrogen-bond donors (Lipinski definition) is 0. The number of halogens is 1. The maximum atomic E-state index is 13.6. The molecule has 3 aliphatic heterocycles. The van der Waals surface area contributed by atoms with Crippen LogP contribution in [-0.2, 0) is 6.54 Å². The molecular weight excluding hydrogens is 445 g/mol. The monoisotopic (exact) mass is 473 g/mol. The van der Waals surface area contributed by atoms with Crippen LogP contribution in [0.25, 0.3) is 16.9 Å². The molecule has 180 valence electrons. The molecule has 0 spiro atoms. The van der Waals surface area contributed by atoms with Crippen LogP contribution >= 0.6 is 0 Å². The minimum absolute atomic E-state index is 0.0815. The van der Waals surface area contributed by atoms with Crippen molar-refractivity contribution in [1.29, 1.82) is 0 Å². The van der Waals surface area contributed by atoms with Crippen LogP contribution in [0.4, 0.5) is 4.39 Å². The van der Waals surface area contributed by atoms with Crippen LogP contribution in [0, 0.1) is 5.82 Å². The van der Waals surface area contributed by atoms with Gasteiger partial charge in [0.2, 0.25) is 0 Å². The van der Waals surface area contributed by atoms with Crippen molar-refractivity contribution in [2.24, 2.45) is 0 Å². The number of pyridine rings is 1. The van der Waals surface area contributed by atoms with Gasteiger partial charge in [-0.25, -0.2) is 4.39 Å². The van der Waals surface area contributed by atoms with Gasteiger partial charge in [0.15, 0.2) is 0 Å². The van der Waals surface area contributed by atoms with Gasteiger partial charge in [-0.2, -0.15) is 9.78 Å². The van der Waals surface area contributed by atoms with E-state index < -0.39 is 0 Å². The third-order valence-electron chi connectivity index (χ3n) is 6.50. The Morgan fingerprint density at radius 2 is 1.66 bits per heavy atom. The highest BCUT2D eigenvalue weighted by atomic mass is 19.1. The molecule has 5 rings (SSSR count). The molecule has 8 heteroatoms. The third-order valence-corrected chi connectivity index (χ3v) is 6.50. The molecule has 0 unspecified atom stereocenters. The summed E-state index contributed by atoms with van der Waals surface area (Å²) in [5, 5.41) is 4.58. The predicted molar refractivity (Wildman–Crippen MR) is 132 cm³/mol. The topological polar surface area (TPSA) is 63.4 Å². The number of para-hydroxylation sites is 1. The fourth-order valence-corrected chi connectivity index (χ4v) is 4.45. The Labute approximate surface area is 203 Å². The molecule has 3 aliphatic rings. The summed E-state index contributed by atoms with van der Waals surface area (Å²) in [5.41, 5.74) is 2.77. The molecule has 0 aromatic heterocycles. The first kappa shape index (κ1) is 23.0. The summed E-state index contributed by atoms with van der Waals surface area (Å²) in [4.78, 5) is 31.0. The Morgan fingerprint density at radius 1 is 0.971 bits per heavy atom. The van der Waals surface area contributed by atoms with Crippen LogP contribution in [-0.4, -0.2) is 56.2 Å². The Morgan fingerprint density at radius 3 is 2.31 bits per heavy atom. The van der Waals surface area contributed by atoms with E-state index in [2.05, 4.69) is 10.00 Å². The lowest BCUT2D eigenvalue weighted by Crippen LogP contribution is -2.48. The summed E-state index contributed by atoms with van der Waals surface area (Å²) in [6.45, 7) is 7.32. The molecule has 2 aromatic carbocycles. The SMILES string of the molecule is CC(C)n1cc(C(=O)N2CCN(Cc3ccc(F)cc3)CC2)c2nn(-c3ccccc3)c(=O)c-2c1. The minimum atomic E-state index is -0.243. The largest absolute Gasteiger partial charge is 0.350 e. The van der Waals surface area contributed by atoms with Crippen LogP contribution < -0.4 is 5.56 Å². The van der Waals surface area contributed by atoms with Gasteiger partial charge in [-0.05, 0) is 43.7 Å². The second-order valence-electron chi connectivity index (χ2n) is 9.22. The van der Waals surface area contributed by atoms with Crippen LogP contribution in [0.15, 0.2) is 71.8 Å². The summed E-state index contributed by atoms with van der Waals surface area (Å²) in [5.74, 6) is -0.364. The van der Waals surface area contributed by atoms with E-state index in [0.29, 0.717) is 55.2 Å². The van der Waals surface area contributed by atoms with Crippen molar-refractivity contribution in [1.82, 2.24) is 24.1 Å². The van der Waals surface area contributed by atoms with E-state index in [-0.39, 0.29) is 23.3 Å². The molecule has 0 radical (unpaired) electrons. The molecule has 0 N–H and O–H groups in total. The average Bonchev–Trinajstić information content (AvgIpc) is 3.22. The summed E-state index contributed by atoms with van der Waals surface area (Å²) in [6, 6.07) is 15.9. The number of rotatable bonds is 5. The number of aromatic nitrogens is 3. The fraction of sp³-hybridized carbons (Fsp3) is 0.296. The lowest BCUT2D eigenvalue weighted by atomic mass is 10.1. The zero-order chi connectivity index (χ0) is 24.5. The zero-order valence-electron chi connectivity index (χ0n) is 19.9. The Balaban J connectivity index is 1.41. The number of benzene rings is 2. The van der Waals surface area contributed by atoms with E-state index in [0.717, 1.165) is 5.56 Å². The maximum Gasteiger partial charge on any atom is 0.282 e. The van der Waals surface area contributed by atoms with Crippen molar-refractivity contribution in [2.75, 3.05) is 26.2 Å². The minimum Gasteiger partial charge on any atom is -0.350 e. The molecule has 35 heavy (non-hydrogen) atoms. The summed E-state index contributed by atoms with van der Waals surface area (Å²) < 4.78 is 16.5. The molecular formula is C27H28FN5O2. The smallest absolute Gasteiger partial charge is 0.282 e. The molecule has 7 nitrogen and oxygen atoms in total. The van der Waals surface area contributed by atoms with Gasteiger partial charge in [0.05, 0.1) is 16.8 Å². The molecule has 1 amide bonds. The van der Waals surface area contributed by atoms with Gasteiger partial charge in [0.25, 0.3) is 11.5 Å². The van der Waals surface area contributed by atoms with Gasteiger partial charge in [-0.1, -0.05) is 30.3 Å². The molecule has 2 aromatic rings. The van der Waals surface area contributed by atoms with Gasteiger partial charge >= 0.3 is 0 Å². The van der Waals surface area contributed by atoms with E-state index in [1.165, 1.54) is 16.8 Å².